The molecule has 0 radical (unpaired) electrons. The molecule has 2 aliphatic rings. The standard InChI is InChI=1S/C25H30BrN3O2S.C23H26BrN3O2S/c1-6-31-20(30)13-18-7-9-29(10-8-18)25-24-23(27-17(5)28-25)22(16(4)32-24)21-14(2)11-19(26)12-15(21)3;1-13-9-18(24)10-14(2)19(13)20-15(3)30-22-21(20)25-16(4)26-23(22)27-7-5-17(6-8-27)11-29-12-28/h11-12,18H,6-10,13H2,1-5H3;9-10,12,17H,5-8,11H2,1-4H3. The van der Waals surface area contributed by atoms with Crippen LogP contribution in [0.15, 0.2) is 33.2 Å². The van der Waals surface area contributed by atoms with Crippen LogP contribution in [0.4, 0.5) is 11.6 Å². The number of carbonyl (C=O) groups is 2. The monoisotopic (exact) mass is 1000 g/mol. The Bertz CT molecular complexity index is 2580. The number of aromatic nitrogens is 4. The van der Waals surface area contributed by atoms with E-state index in [9.17, 15) is 9.59 Å². The first kappa shape index (κ1) is 46.0. The number of hydrogen-bond donors (Lipinski definition) is 0. The van der Waals surface area contributed by atoms with Gasteiger partial charge in [-0.25, -0.2) is 19.9 Å². The van der Waals surface area contributed by atoms with Crippen molar-refractivity contribution < 1.29 is 19.1 Å². The van der Waals surface area contributed by atoms with Crippen LogP contribution in [-0.2, 0) is 19.1 Å². The zero-order valence-corrected chi connectivity index (χ0v) is 42.0. The SMILES string of the molecule is CCOC(=O)CC1CCN(c2nc(C)nc3c(-c4c(C)cc(Br)cc4C)c(C)sc23)CC1.Cc1nc(N2CCC(COC=O)CC2)c2sc(C)c(-c3c(C)cc(Br)cc3C)c2n1. The Morgan fingerprint density at radius 1 is 0.661 bits per heavy atom. The van der Waals surface area contributed by atoms with E-state index in [-0.39, 0.29) is 5.97 Å². The molecule has 0 amide bonds. The van der Waals surface area contributed by atoms with Gasteiger partial charge in [0.05, 0.1) is 33.6 Å². The highest BCUT2D eigenvalue weighted by atomic mass is 79.9. The first-order valence-corrected chi connectivity index (χ1v) is 24.7. The number of thiophene rings is 2. The van der Waals surface area contributed by atoms with E-state index in [0.29, 0.717) is 37.9 Å². The number of rotatable bonds is 10. The fraction of sp³-hybridized carbons (Fsp3) is 0.458. The normalized spacial score (nSPS) is 15.0. The first-order valence-electron chi connectivity index (χ1n) is 21.5. The highest BCUT2D eigenvalue weighted by molar-refractivity contribution is 9.10. The highest BCUT2D eigenvalue weighted by Crippen LogP contribution is 2.46. The van der Waals surface area contributed by atoms with Gasteiger partial charge in [0, 0.05) is 62.4 Å². The van der Waals surface area contributed by atoms with Crippen molar-refractivity contribution in [2.45, 2.75) is 94.4 Å². The van der Waals surface area contributed by atoms with Gasteiger partial charge in [0.1, 0.15) is 23.3 Å². The lowest BCUT2D eigenvalue weighted by atomic mass is 9.93. The molecule has 0 bridgehead atoms. The van der Waals surface area contributed by atoms with Crippen molar-refractivity contribution in [3.63, 3.8) is 0 Å². The maximum Gasteiger partial charge on any atom is 0.306 e. The summed E-state index contributed by atoms with van der Waals surface area (Å²) in [7, 11) is 0. The molecule has 4 aromatic heterocycles. The molecule has 6 heterocycles. The molecular formula is C48H56Br2N6O4S2. The van der Waals surface area contributed by atoms with Crippen LogP contribution < -0.4 is 9.80 Å². The van der Waals surface area contributed by atoms with Crippen molar-refractivity contribution in [3.8, 4) is 22.3 Å². The molecule has 62 heavy (non-hydrogen) atoms. The van der Waals surface area contributed by atoms with Gasteiger partial charge in [-0.05, 0) is 157 Å². The Labute approximate surface area is 390 Å². The van der Waals surface area contributed by atoms with Crippen molar-refractivity contribution in [2.24, 2.45) is 11.8 Å². The average Bonchev–Trinajstić information content (AvgIpc) is 3.71. The van der Waals surface area contributed by atoms with E-state index >= 15 is 0 Å². The van der Waals surface area contributed by atoms with E-state index in [2.05, 4.69) is 107 Å². The maximum absolute atomic E-state index is 11.9. The minimum absolute atomic E-state index is 0.0787. The van der Waals surface area contributed by atoms with Crippen molar-refractivity contribution in [1.29, 1.82) is 0 Å². The number of nitrogens with zero attached hydrogens (tertiary/aromatic N) is 6. The Kier molecular flexibility index (Phi) is 14.7. The van der Waals surface area contributed by atoms with Gasteiger partial charge in [0.25, 0.3) is 6.47 Å². The summed E-state index contributed by atoms with van der Waals surface area (Å²) in [6.45, 7) is 24.0. The number of piperidine rings is 2. The van der Waals surface area contributed by atoms with Crippen molar-refractivity contribution >= 4 is 99.0 Å². The molecule has 2 fully saturated rings. The molecule has 0 spiro atoms. The van der Waals surface area contributed by atoms with Crippen LogP contribution in [0.2, 0.25) is 0 Å². The molecule has 8 rings (SSSR count). The second kappa shape index (κ2) is 19.8. The van der Waals surface area contributed by atoms with E-state index in [1.165, 1.54) is 54.3 Å². The summed E-state index contributed by atoms with van der Waals surface area (Å²) in [6.07, 6.45) is 4.47. The predicted molar refractivity (Wildman–Crippen MR) is 262 cm³/mol. The van der Waals surface area contributed by atoms with Crippen molar-refractivity contribution in [1.82, 2.24) is 19.9 Å². The second-order valence-electron chi connectivity index (χ2n) is 16.7. The van der Waals surface area contributed by atoms with E-state index in [0.717, 1.165) is 105 Å². The Hall–Kier alpha value is -3.98. The molecule has 2 aliphatic heterocycles. The summed E-state index contributed by atoms with van der Waals surface area (Å²) in [6, 6.07) is 8.70. The lowest BCUT2D eigenvalue weighted by Crippen LogP contribution is -2.35. The van der Waals surface area contributed by atoms with Crippen molar-refractivity contribution in [2.75, 3.05) is 49.2 Å². The number of anilines is 2. The molecule has 14 heteroatoms. The van der Waals surface area contributed by atoms with E-state index in [4.69, 9.17) is 29.4 Å². The molecule has 2 saturated heterocycles. The Morgan fingerprint density at radius 2 is 1.06 bits per heavy atom. The lowest BCUT2D eigenvalue weighted by molar-refractivity contribution is -0.144. The summed E-state index contributed by atoms with van der Waals surface area (Å²) < 4.78 is 14.6. The molecule has 0 atom stereocenters. The van der Waals surface area contributed by atoms with Gasteiger partial charge in [-0.3, -0.25) is 9.59 Å². The van der Waals surface area contributed by atoms with Gasteiger partial charge in [-0.2, -0.15) is 0 Å². The zero-order chi connectivity index (χ0) is 44.4. The first-order chi connectivity index (χ1) is 29.7. The average molecular weight is 1000 g/mol. The smallest absolute Gasteiger partial charge is 0.306 e. The van der Waals surface area contributed by atoms with Gasteiger partial charge in [0.2, 0.25) is 0 Å². The molecule has 0 aliphatic carbocycles. The van der Waals surface area contributed by atoms with E-state index in [1.54, 1.807) is 22.7 Å². The van der Waals surface area contributed by atoms with Crippen LogP contribution in [-0.4, -0.2) is 71.8 Å². The molecule has 0 N–H and O–H groups in total. The minimum atomic E-state index is -0.0787. The van der Waals surface area contributed by atoms with Gasteiger partial charge in [0.15, 0.2) is 0 Å². The molecule has 0 unspecified atom stereocenters. The van der Waals surface area contributed by atoms with Gasteiger partial charge >= 0.3 is 5.97 Å². The van der Waals surface area contributed by atoms with Crippen LogP contribution in [0.3, 0.4) is 0 Å². The van der Waals surface area contributed by atoms with E-state index < -0.39 is 0 Å². The predicted octanol–water partition coefficient (Wildman–Crippen LogP) is 12.3. The number of aryl methyl sites for hydroxylation is 8. The van der Waals surface area contributed by atoms with Crippen LogP contribution in [0, 0.1) is 67.2 Å². The lowest BCUT2D eigenvalue weighted by Gasteiger charge is -2.32. The van der Waals surface area contributed by atoms with Crippen LogP contribution in [0.1, 0.15) is 82.7 Å². The summed E-state index contributed by atoms with van der Waals surface area (Å²) in [5, 5.41) is 0. The largest absolute Gasteiger partial charge is 0.468 e. The third-order valence-electron chi connectivity index (χ3n) is 12.1. The number of halogens is 2. The van der Waals surface area contributed by atoms with Gasteiger partial charge in [-0.15, -0.1) is 22.7 Å². The molecule has 0 saturated carbocycles. The molecule has 6 aromatic rings. The third-order valence-corrected chi connectivity index (χ3v) is 15.2. The highest BCUT2D eigenvalue weighted by Gasteiger charge is 2.28. The summed E-state index contributed by atoms with van der Waals surface area (Å²) in [5.74, 6) is 4.41. The number of benzene rings is 2. The fourth-order valence-electron chi connectivity index (χ4n) is 9.28. The van der Waals surface area contributed by atoms with Crippen LogP contribution in [0.5, 0.6) is 0 Å². The van der Waals surface area contributed by atoms with Crippen LogP contribution in [0.25, 0.3) is 42.7 Å². The third kappa shape index (κ3) is 9.88. The molecule has 2 aromatic carbocycles. The Balaban J connectivity index is 0.000000187. The quantitative estimate of drug-likeness (QED) is 0.0971. The number of fused-ring (bicyclic) bond motifs is 2. The molecule has 10 nitrogen and oxygen atoms in total. The maximum atomic E-state index is 11.9. The number of esters is 1. The summed E-state index contributed by atoms with van der Waals surface area (Å²) in [4.78, 5) is 49.2. The zero-order valence-electron chi connectivity index (χ0n) is 37.2. The van der Waals surface area contributed by atoms with E-state index in [1.807, 2.05) is 20.8 Å². The summed E-state index contributed by atoms with van der Waals surface area (Å²) >= 11 is 10.8. The molecule has 328 valence electrons. The number of hydrogen-bond acceptors (Lipinski definition) is 12. The second-order valence-corrected chi connectivity index (χ2v) is 21.0. The van der Waals surface area contributed by atoms with Crippen LogP contribution >= 0.6 is 54.5 Å². The topological polar surface area (TPSA) is 111 Å². The molecular weight excluding hydrogens is 949 g/mol. The number of carbonyl (C=O) groups excluding carboxylic acids is 2. The Morgan fingerprint density at radius 3 is 1.45 bits per heavy atom. The van der Waals surface area contributed by atoms with Crippen molar-refractivity contribution in [3.05, 3.63) is 76.9 Å². The van der Waals surface area contributed by atoms with Gasteiger partial charge in [-0.1, -0.05) is 31.9 Å². The minimum Gasteiger partial charge on any atom is -0.468 e. The summed E-state index contributed by atoms with van der Waals surface area (Å²) in [5.41, 5.74) is 12.1. The van der Waals surface area contributed by atoms with Gasteiger partial charge < -0.3 is 19.3 Å². The number of ether oxygens (including phenoxy) is 2. The fourth-order valence-corrected chi connectivity index (χ4v) is 12.9.